The number of H-pyrrole nitrogens is 1. The van der Waals surface area contributed by atoms with E-state index in [0.717, 1.165) is 16.3 Å². The van der Waals surface area contributed by atoms with Gasteiger partial charge in [-0.1, -0.05) is 58.4 Å². The van der Waals surface area contributed by atoms with Crippen LogP contribution in [0.15, 0.2) is 71.2 Å². The first-order valence-corrected chi connectivity index (χ1v) is 8.71. The molecule has 0 aliphatic heterocycles. The smallest absolute Gasteiger partial charge is 0.273 e. The summed E-state index contributed by atoms with van der Waals surface area (Å²) in [5.74, 6) is -0.966. The molecule has 128 valence electrons. The SMILES string of the molecule is O=C(Nc1ccc(Br)cc1F)c1cc(-c2cccc3ccccc23)n[nH]1. The number of aromatic amines is 1. The van der Waals surface area contributed by atoms with E-state index in [0.29, 0.717) is 10.2 Å². The Kier molecular flexibility index (Phi) is 4.26. The van der Waals surface area contributed by atoms with Gasteiger partial charge in [-0.15, -0.1) is 0 Å². The third-order valence-corrected chi connectivity index (χ3v) is 4.56. The molecule has 0 radical (unpaired) electrons. The quantitative estimate of drug-likeness (QED) is 0.476. The molecule has 0 unspecified atom stereocenters. The number of benzene rings is 3. The van der Waals surface area contributed by atoms with E-state index in [4.69, 9.17) is 0 Å². The third-order valence-electron chi connectivity index (χ3n) is 4.07. The highest BCUT2D eigenvalue weighted by Gasteiger charge is 2.14. The minimum absolute atomic E-state index is 0.111. The molecule has 26 heavy (non-hydrogen) atoms. The van der Waals surface area contributed by atoms with Gasteiger partial charge in [0.1, 0.15) is 11.5 Å². The summed E-state index contributed by atoms with van der Waals surface area (Å²) in [6.07, 6.45) is 0. The van der Waals surface area contributed by atoms with E-state index in [-0.39, 0.29) is 11.4 Å². The van der Waals surface area contributed by atoms with Crippen LogP contribution in [0.5, 0.6) is 0 Å². The number of rotatable bonds is 3. The molecule has 0 aliphatic rings. The zero-order chi connectivity index (χ0) is 18.1. The molecule has 2 N–H and O–H groups in total. The highest BCUT2D eigenvalue weighted by molar-refractivity contribution is 9.10. The molecule has 0 aliphatic carbocycles. The molecule has 1 aromatic heterocycles. The second-order valence-electron chi connectivity index (χ2n) is 5.77. The van der Waals surface area contributed by atoms with Crippen molar-refractivity contribution in [1.82, 2.24) is 10.2 Å². The first-order valence-electron chi connectivity index (χ1n) is 7.92. The second-order valence-corrected chi connectivity index (χ2v) is 6.69. The van der Waals surface area contributed by atoms with E-state index in [1.165, 1.54) is 12.1 Å². The number of hydrogen-bond acceptors (Lipinski definition) is 2. The summed E-state index contributed by atoms with van der Waals surface area (Å²) in [6, 6.07) is 20.0. The first kappa shape index (κ1) is 16.5. The van der Waals surface area contributed by atoms with Crippen LogP contribution in [0, 0.1) is 5.82 Å². The summed E-state index contributed by atoms with van der Waals surface area (Å²) in [5, 5.41) is 11.7. The first-order chi connectivity index (χ1) is 12.6. The average molecular weight is 410 g/mol. The Labute approximate surface area is 157 Å². The molecular weight excluding hydrogens is 397 g/mol. The largest absolute Gasteiger partial charge is 0.318 e. The van der Waals surface area contributed by atoms with Crippen molar-refractivity contribution in [1.29, 1.82) is 0 Å². The van der Waals surface area contributed by atoms with E-state index >= 15 is 0 Å². The maximum absolute atomic E-state index is 13.9. The number of anilines is 1. The van der Waals surface area contributed by atoms with E-state index in [1.807, 2.05) is 42.5 Å². The Hall–Kier alpha value is -2.99. The highest BCUT2D eigenvalue weighted by Crippen LogP contribution is 2.28. The van der Waals surface area contributed by atoms with E-state index in [2.05, 4.69) is 31.4 Å². The summed E-state index contributed by atoms with van der Waals surface area (Å²) < 4.78 is 14.5. The van der Waals surface area contributed by atoms with Gasteiger partial charge in [0.15, 0.2) is 0 Å². The molecule has 0 atom stereocenters. The van der Waals surface area contributed by atoms with Crippen LogP contribution in [0.1, 0.15) is 10.5 Å². The molecule has 0 spiro atoms. The number of fused-ring (bicyclic) bond motifs is 1. The lowest BCUT2D eigenvalue weighted by Crippen LogP contribution is -2.13. The predicted molar refractivity (Wildman–Crippen MR) is 104 cm³/mol. The minimum Gasteiger partial charge on any atom is -0.318 e. The van der Waals surface area contributed by atoms with Crippen LogP contribution in [-0.2, 0) is 0 Å². The molecule has 3 aromatic carbocycles. The van der Waals surface area contributed by atoms with Gasteiger partial charge in [0.25, 0.3) is 5.91 Å². The number of carbonyl (C=O) groups excluding carboxylic acids is 1. The lowest BCUT2D eigenvalue weighted by molar-refractivity contribution is 0.102. The molecule has 4 aromatic rings. The Morgan fingerprint density at radius 3 is 2.69 bits per heavy atom. The fourth-order valence-electron chi connectivity index (χ4n) is 2.81. The van der Waals surface area contributed by atoms with Crippen molar-refractivity contribution >= 4 is 38.3 Å². The number of nitrogens with zero attached hydrogens (tertiary/aromatic N) is 1. The van der Waals surface area contributed by atoms with Crippen molar-refractivity contribution in [3.63, 3.8) is 0 Å². The van der Waals surface area contributed by atoms with Crippen LogP contribution >= 0.6 is 15.9 Å². The average Bonchev–Trinajstić information content (AvgIpc) is 3.13. The molecule has 1 amide bonds. The number of aromatic nitrogens is 2. The van der Waals surface area contributed by atoms with Gasteiger partial charge in [0, 0.05) is 10.0 Å². The van der Waals surface area contributed by atoms with Crippen LogP contribution in [0.2, 0.25) is 0 Å². The standard InChI is InChI=1S/C20H13BrFN3O/c21-13-8-9-17(16(22)10-13)23-20(26)19-11-18(24-25-19)15-7-3-5-12-4-1-2-6-14(12)15/h1-11H,(H,23,26)(H,24,25). The van der Waals surface area contributed by atoms with Gasteiger partial charge < -0.3 is 5.32 Å². The Morgan fingerprint density at radius 2 is 1.85 bits per heavy atom. The van der Waals surface area contributed by atoms with Gasteiger partial charge in [-0.2, -0.15) is 5.10 Å². The van der Waals surface area contributed by atoms with Crippen molar-refractivity contribution in [2.24, 2.45) is 0 Å². The number of amides is 1. The summed E-state index contributed by atoms with van der Waals surface area (Å²) in [4.78, 5) is 12.4. The summed E-state index contributed by atoms with van der Waals surface area (Å²) in [7, 11) is 0. The van der Waals surface area contributed by atoms with Crippen LogP contribution < -0.4 is 5.32 Å². The molecule has 6 heteroatoms. The molecule has 0 bridgehead atoms. The summed E-state index contributed by atoms with van der Waals surface area (Å²) >= 11 is 3.19. The van der Waals surface area contributed by atoms with Crippen LogP contribution in [0.25, 0.3) is 22.0 Å². The Bertz CT molecular complexity index is 1120. The van der Waals surface area contributed by atoms with E-state index < -0.39 is 11.7 Å². The predicted octanol–water partition coefficient (Wildman–Crippen LogP) is 5.38. The Balaban J connectivity index is 1.64. The molecule has 4 nitrogen and oxygen atoms in total. The van der Waals surface area contributed by atoms with Crippen molar-refractivity contribution < 1.29 is 9.18 Å². The molecule has 4 rings (SSSR count). The van der Waals surface area contributed by atoms with Gasteiger partial charge in [0.2, 0.25) is 0 Å². The number of carbonyl (C=O) groups is 1. The van der Waals surface area contributed by atoms with Crippen LogP contribution in [0.4, 0.5) is 10.1 Å². The monoisotopic (exact) mass is 409 g/mol. The van der Waals surface area contributed by atoms with Crippen molar-refractivity contribution in [2.75, 3.05) is 5.32 Å². The molecule has 0 fully saturated rings. The van der Waals surface area contributed by atoms with Crippen LogP contribution in [-0.4, -0.2) is 16.1 Å². The van der Waals surface area contributed by atoms with Gasteiger partial charge in [-0.05, 0) is 35.0 Å². The lowest BCUT2D eigenvalue weighted by Gasteiger charge is -2.05. The topological polar surface area (TPSA) is 57.8 Å². The molecular formula is C20H13BrFN3O. The van der Waals surface area contributed by atoms with Crippen molar-refractivity contribution in [3.05, 3.63) is 82.7 Å². The zero-order valence-electron chi connectivity index (χ0n) is 13.5. The number of halogens is 2. The van der Waals surface area contributed by atoms with Gasteiger partial charge >= 0.3 is 0 Å². The second kappa shape index (κ2) is 6.72. The van der Waals surface area contributed by atoms with Crippen molar-refractivity contribution in [2.45, 2.75) is 0 Å². The number of hydrogen-bond donors (Lipinski definition) is 2. The lowest BCUT2D eigenvalue weighted by atomic mass is 10.0. The van der Waals surface area contributed by atoms with Gasteiger partial charge in [-0.3, -0.25) is 9.89 Å². The third kappa shape index (κ3) is 3.11. The van der Waals surface area contributed by atoms with Crippen LogP contribution in [0.3, 0.4) is 0 Å². The van der Waals surface area contributed by atoms with Gasteiger partial charge in [0.05, 0.1) is 11.4 Å². The normalized spacial score (nSPS) is 10.8. The van der Waals surface area contributed by atoms with E-state index in [9.17, 15) is 9.18 Å². The molecule has 0 saturated heterocycles. The maximum Gasteiger partial charge on any atom is 0.273 e. The fourth-order valence-corrected chi connectivity index (χ4v) is 3.14. The highest BCUT2D eigenvalue weighted by atomic mass is 79.9. The fraction of sp³-hybridized carbons (Fsp3) is 0. The maximum atomic E-state index is 13.9. The minimum atomic E-state index is -0.512. The van der Waals surface area contributed by atoms with Crippen molar-refractivity contribution in [3.8, 4) is 11.3 Å². The van der Waals surface area contributed by atoms with Gasteiger partial charge in [-0.25, -0.2) is 4.39 Å². The molecule has 1 heterocycles. The number of nitrogens with one attached hydrogen (secondary N) is 2. The summed E-state index contributed by atoms with van der Waals surface area (Å²) in [5.41, 5.74) is 1.95. The van der Waals surface area contributed by atoms with E-state index in [1.54, 1.807) is 12.1 Å². The Morgan fingerprint density at radius 1 is 1.04 bits per heavy atom. The summed E-state index contributed by atoms with van der Waals surface area (Å²) in [6.45, 7) is 0. The molecule has 0 saturated carbocycles. The zero-order valence-corrected chi connectivity index (χ0v) is 15.0.